The summed E-state index contributed by atoms with van der Waals surface area (Å²) in [6.45, 7) is 0.910. The van der Waals surface area contributed by atoms with Gasteiger partial charge in [-0.05, 0) is 7.05 Å². The molecule has 1 heterocycles. The number of nitrogens with zero attached hydrogens (tertiary/aromatic N) is 1. The van der Waals surface area contributed by atoms with Crippen molar-refractivity contribution in [2.75, 3.05) is 13.6 Å². The number of ketones is 1. The van der Waals surface area contributed by atoms with E-state index in [2.05, 4.69) is 0 Å². The molecule has 1 aromatic rings. The molecule has 0 amide bonds. The van der Waals surface area contributed by atoms with Gasteiger partial charge < -0.3 is 0 Å². The molecule has 1 aromatic carbocycles. The van der Waals surface area contributed by atoms with Crippen LogP contribution in [-0.4, -0.2) is 30.3 Å². The van der Waals surface area contributed by atoms with E-state index < -0.39 is 0 Å². The third-order valence-corrected chi connectivity index (χ3v) is 2.22. The van der Waals surface area contributed by atoms with Crippen LogP contribution in [0.5, 0.6) is 0 Å². The monoisotopic (exact) mass is 161 g/mol. The van der Waals surface area contributed by atoms with Gasteiger partial charge in [0.1, 0.15) is 0 Å². The summed E-state index contributed by atoms with van der Waals surface area (Å²) in [5.74, 6) is 0.248. The van der Waals surface area contributed by atoms with E-state index in [1.165, 1.54) is 0 Å². The fourth-order valence-electron chi connectivity index (χ4n) is 1.30. The maximum absolute atomic E-state index is 11.6. The highest BCUT2D eigenvalue weighted by molar-refractivity contribution is 6.01. The van der Waals surface area contributed by atoms with Crippen LogP contribution in [0.2, 0.25) is 0 Å². The Morgan fingerprint density at radius 3 is 2.50 bits per heavy atom. The molecule has 0 saturated carbocycles. The Kier molecular flexibility index (Phi) is 1.70. The van der Waals surface area contributed by atoms with Crippen LogP contribution in [0.15, 0.2) is 30.3 Å². The van der Waals surface area contributed by atoms with Gasteiger partial charge in [-0.1, -0.05) is 30.3 Å². The Morgan fingerprint density at radius 2 is 2.00 bits per heavy atom. The molecule has 1 aliphatic heterocycles. The van der Waals surface area contributed by atoms with Gasteiger partial charge in [-0.15, -0.1) is 0 Å². The SMILES string of the molecule is CN1CC1C(=O)c1ccccc1. The van der Waals surface area contributed by atoms with Crippen molar-refractivity contribution in [1.82, 2.24) is 4.90 Å². The second-order valence-corrected chi connectivity index (χ2v) is 3.19. The number of likely N-dealkylation sites (N-methyl/N-ethyl adjacent to an activating group) is 1. The highest BCUT2D eigenvalue weighted by Crippen LogP contribution is 2.18. The number of carbonyl (C=O) groups is 1. The summed E-state index contributed by atoms with van der Waals surface area (Å²) in [7, 11) is 1.96. The highest BCUT2D eigenvalue weighted by atomic mass is 16.1. The molecule has 0 bridgehead atoms. The fourth-order valence-corrected chi connectivity index (χ4v) is 1.30. The molecule has 1 aliphatic rings. The van der Waals surface area contributed by atoms with E-state index in [1.54, 1.807) is 0 Å². The summed E-state index contributed by atoms with van der Waals surface area (Å²) in [5.41, 5.74) is 0.826. The van der Waals surface area contributed by atoms with Gasteiger partial charge in [0.15, 0.2) is 5.78 Å². The van der Waals surface area contributed by atoms with E-state index in [0.717, 1.165) is 12.1 Å². The molecule has 0 radical (unpaired) electrons. The molecule has 1 saturated heterocycles. The van der Waals surface area contributed by atoms with Crippen LogP contribution >= 0.6 is 0 Å². The summed E-state index contributed by atoms with van der Waals surface area (Å²) in [6.07, 6.45) is 0. The topological polar surface area (TPSA) is 20.1 Å². The van der Waals surface area contributed by atoms with E-state index in [1.807, 2.05) is 42.3 Å². The Bertz CT molecular complexity index is 294. The van der Waals surface area contributed by atoms with Gasteiger partial charge in [0.2, 0.25) is 0 Å². The third-order valence-electron chi connectivity index (χ3n) is 2.22. The highest BCUT2D eigenvalue weighted by Gasteiger charge is 2.36. The van der Waals surface area contributed by atoms with E-state index in [0.29, 0.717) is 0 Å². The first-order valence-corrected chi connectivity index (χ1v) is 4.08. The normalized spacial score (nSPS) is 26.8. The van der Waals surface area contributed by atoms with Crippen molar-refractivity contribution in [3.05, 3.63) is 35.9 Å². The third kappa shape index (κ3) is 1.25. The Hall–Kier alpha value is -1.15. The van der Waals surface area contributed by atoms with Crippen molar-refractivity contribution in [2.24, 2.45) is 0 Å². The van der Waals surface area contributed by atoms with Gasteiger partial charge in [-0.25, -0.2) is 0 Å². The molecule has 2 heteroatoms. The molecule has 62 valence electrons. The largest absolute Gasteiger partial charge is 0.293 e. The van der Waals surface area contributed by atoms with E-state index in [4.69, 9.17) is 0 Å². The van der Waals surface area contributed by atoms with Crippen molar-refractivity contribution in [3.8, 4) is 0 Å². The summed E-state index contributed by atoms with van der Waals surface area (Å²) in [5, 5.41) is 0. The van der Waals surface area contributed by atoms with Gasteiger partial charge in [0.25, 0.3) is 0 Å². The second-order valence-electron chi connectivity index (χ2n) is 3.19. The number of hydrogen-bond acceptors (Lipinski definition) is 2. The summed E-state index contributed by atoms with van der Waals surface area (Å²) in [6, 6.07) is 9.61. The average Bonchev–Trinajstić information content (AvgIpc) is 2.83. The fraction of sp³-hybridized carbons (Fsp3) is 0.300. The minimum atomic E-state index is 0.146. The molecular formula is C10H11NO. The summed E-state index contributed by atoms with van der Waals surface area (Å²) < 4.78 is 0. The van der Waals surface area contributed by atoms with Gasteiger partial charge in [-0.2, -0.15) is 0 Å². The molecule has 0 N–H and O–H groups in total. The van der Waals surface area contributed by atoms with Crippen molar-refractivity contribution >= 4 is 5.78 Å². The molecule has 0 aliphatic carbocycles. The molecule has 1 fully saturated rings. The smallest absolute Gasteiger partial charge is 0.181 e. The number of benzene rings is 1. The number of rotatable bonds is 2. The lowest BCUT2D eigenvalue weighted by Gasteiger charge is -1.96. The zero-order valence-electron chi connectivity index (χ0n) is 7.03. The lowest BCUT2D eigenvalue weighted by molar-refractivity contribution is 0.0978. The molecule has 2 nitrogen and oxygen atoms in total. The number of Topliss-reactive ketones (excluding diaryl/α,β-unsaturated/α-hetero) is 1. The van der Waals surface area contributed by atoms with Crippen LogP contribution in [-0.2, 0) is 0 Å². The lowest BCUT2D eigenvalue weighted by Crippen LogP contribution is -2.10. The van der Waals surface area contributed by atoms with Gasteiger partial charge >= 0.3 is 0 Å². The molecule has 12 heavy (non-hydrogen) atoms. The predicted octanol–water partition coefficient (Wildman–Crippen LogP) is 1.18. The van der Waals surface area contributed by atoms with Crippen LogP contribution in [0.1, 0.15) is 10.4 Å². The molecule has 2 atom stereocenters. The maximum Gasteiger partial charge on any atom is 0.181 e. The quantitative estimate of drug-likeness (QED) is 0.479. The van der Waals surface area contributed by atoms with Crippen LogP contribution in [0.25, 0.3) is 0 Å². The Morgan fingerprint density at radius 1 is 1.42 bits per heavy atom. The van der Waals surface area contributed by atoms with Crippen LogP contribution in [0.3, 0.4) is 0 Å². The minimum Gasteiger partial charge on any atom is -0.293 e. The average molecular weight is 161 g/mol. The van der Waals surface area contributed by atoms with Gasteiger partial charge in [0, 0.05) is 12.1 Å². The molecular weight excluding hydrogens is 150 g/mol. The van der Waals surface area contributed by atoms with Gasteiger partial charge in [0.05, 0.1) is 6.04 Å². The molecule has 0 spiro atoms. The zero-order valence-corrected chi connectivity index (χ0v) is 7.03. The second kappa shape index (κ2) is 2.72. The first-order chi connectivity index (χ1) is 5.79. The Labute approximate surface area is 71.8 Å². The number of hydrogen-bond donors (Lipinski definition) is 0. The Balaban J connectivity index is 2.16. The molecule has 2 rings (SSSR count). The van der Waals surface area contributed by atoms with E-state index in [-0.39, 0.29) is 11.8 Å². The van der Waals surface area contributed by atoms with Crippen molar-refractivity contribution in [1.29, 1.82) is 0 Å². The van der Waals surface area contributed by atoms with Gasteiger partial charge in [-0.3, -0.25) is 9.69 Å². The van der Waals surface area contributed by atoms with E-state index >= 15 is 0 Å². The standard InChI is InChI=1S/C10H11NO/c1-11-7-9(11)10(12)8-5-3-2-4-6-8/h2-6,9H,7H2,1H3. The van der Waals surface area contributed by atoms with Crippen molar-refractivity contribution in [3.63, 3.8) is 0 Å². The molecule has 2 unspecified atom stereocenters. The minimum absolute atomic E-state index is 0.146. The lowest BCUT2D eigenvalue weighted by atomic mass is 10.1. The maximum atomic E-state index is 11.6. The molecule has 0 aromatic heterocycles. The predicted molar refractivity (Wildman–Crippen MR) is 47.2 cm³/mol. The van der Waals surface area contributed by atoms with Crippen molar-refractivity contribution < 1.29 is 4.79 Å². The van der Waals surface area contributed by atoms with Crippen LogP contribution < -0.4 is 0 Å². The first kappa shape index (κ1) is 7.50. The number of carbonyl (C=O) groups excluding carboxylic acids is 1. The summed E-state index contributed by atoms with van der Waals surface area (Å²) in [4.78, 5) is 13.6. The van der Waals surface area contributed by atoms with E-state index in [9.17, 15) is 4.79 Å². The first-order valence-electron chi connectivity index (χ1n) is 4.08. The summed E-state index contributed by atoms with van der Waals surface area (Å²) >= 11 is 0. The van der Waals surface area contributed by atoms with Crippen molar-refractivity contribution in [2.45, 2.75) is 6.04 Å². The van der Waals surface area contributed by atoms with Crippen LogP contribution in [0, 0.1) is 0 Å². The van der Waals surface area contributed by atoms with Crippen LogP contribution in [0.4, 0.5) is 0 Å². The zero-order chi connectivity index (χ0) is 8.55.